The summed E-state index contributed by atoms with van der Waals surface area (Å²) < 4.78 is 7.09. The van der Waals surface area contributed by atoms with Crippen LogP contribution in [-0.4, -0.2) is 37.4 Å². The molecule has 0 unspecified atom stereocenters. The molecule has 0 radical (unpaired) electrons. The van der Waals surface area contributed by atoms with E-state index in [2.05, 4.69) is 9.97 Å². The quantitative estimate of drug-likeness (QED) is 0.440. The Morgan fingerprint density at radius 1 is 1.16 bits per heavy atom. The zero-order valence-electron chi connectivity index (χ0n) is 15.2. The fourth-order valence-electron chi connectivity index (χ4n) is 2.40. The summed E-state index contributed by atoms with van der Waals surface area (Å²) in [5.74, 6) is 0.422. The molecular weight excluding hydrogens is 344 g/mol. The number of aryl methyl sites for hydroxylation is 1. The molecule has 0 saturated heterocycles. The highest BCUT2D eigenvalue weighted by Gasteiger charge is 2.22. The van der Waals surface area contributed by atoms with Crippen LogP contribution in [0.4, 0.5) is 0 Å². The Labute approximate surface area is 149 Å². The third kappa shape index (κ3) is 3.76. The molecule has 9 heteroatoms. The molecule has 136 valence electrons. The molecular formula is C16H22N4O4S. The first-order valence-electron chi connectivity index (χ1n) is 7.88. The first-order valence-corrected chi connectivity index (χ1v) is 8.76. The number of nitrogens with zero attached hydrogens (tertiary/aromatic N) is 4. The van der Waals surface area contributed by atoms with Gasteiger partial charge in [-0.3, -0.25) is 18.7 Å². The van der Waals surface area contributed by atoms with Gasteiger partial charge in [0.15, 0.2) is 5.65 Å². The predicted molar refractivity (Wildman–Crippen MR) is 95.9 cm³/mol. The maximum Gasteiger partial charge on any atom is 0.332 e. The van der Waals surface area contributed by atoms with Crippen molar-refractivity contribution in [1.82, 2.24) is 19.1 Å². The average Bonchev–Trinajstić information content (AvgIpc) is 2.56. The number of hydrogen-bond donors (Lipinski definition) is 0. The number of thioether (sulfide) groups is 1. The van der Waals surface area contributed by atoms with Gasteiger partial charge >= 0.3 is 11.7 Å². The van der Waals surface area contributed by atoms with Crippen LogP contribution in [-0.2, 0) is 30.0 Å². The van der Waals surface area contributed by atoms with Gasteiger partial charge in [0.2, 0.25) is 0 Å². The summed E-state index contributed by atoms with van der Waals surface area (Å²) in [5, 5.41) is 0.0737. The maximum absolute atomic E-state index is 12.6. The molecule has 0 spiro atoms. The minimum atomic E-state index is -0.544. The van der Waals surface area contributed by atoms with Crippen LogP contribution in [0.15, 0.2) is 14.6 Å². The van der Waals surface area contributed by atoms with E-state index in [1.807, 2.05) is 13.8 Å². The number of methoxy groups -OCH3 is 1. The number of ether oxygens (including phenoxy) is 1. The summed E-state index contributed by atoms with van der Waals surface area (Å²) in [4.78, 5) is 45.5. The molecule has 0 fully saturated rings. The Morgan fingerprint density at radius 3 is 2.36 bits per heavy atom. The van der Waals surface area contributed by atoms with E-state index in [0.717, 1.165) is 16.3 Å². The van der Waals surface area contributed by atoms with E-state index < -0.39 is 22.5 Å². The van der Waals surface area contributed by atoms with Gasteiger partial charge in [0.25, 0.3) is 5.56 Å². The molecule has 1 atom stereocenters. The van der Waals surface area contributed by atoms with Crippen molar-refractivity contribution in [3.8, 4) is 0 Å². The van der Waals surface area contributed by atoms with Crippen LogP contribution in [0, 0.1) is 5.92 Å². The third-order valence-corrected chi connectivity index (χ3v) is 4.79. The van der Waals surface area contributed by atoms with Crippen molar-refractivity contribution in [3.63, 3.8) is 0 Å². The van der Waals surface area contributed by atoms with E-state index in [-0.39, 0.29) is 11.0 Å². The van der Waals surface area contributed by atoms with Gasteiger partial charge in [0, 0.05) is 20.5 Å². The Hall–Kier alpha value is -2.16. The third-order valence-electron chi connectivity index (χ3n) is 3.73. The normalized spacial score (nSPS) is 12.6. The van der Waals surface area contributed by atoms with E-state index in [0.29, 0.717) is 23.2 Å². The lowest BCUT2D eigenvalue weighted by atomic mass is 10.1. The average molecular weight is 366 g/mol. The summed E-state index contributed by atoms with van der Waals surface area (Å²) in [6.07, 6.45) is 0.597. The zero-order chi connectivity index (χ0) is 18.9. The minimum Gasteiger partial charge on any atom is -0.468 e. The first kappa shape index (κ1) is 19.2. The minimum absolute atomic E-state index is 0.234. The Balaban J connectivity index is 2.78. The van der Waals surface area contributed by atoms with E-state index in [1.54, 1.807) is 14.0 Å². The van der Waals surface area contributed by atoms with Crippen molar-refractivity contribution in [2.45, 2.75) is 37.5 Å². The van der Waals surface area contributed by atoms with Gasteiger partial charge in [-0.15, -0.1) is 0 Å². The van der Waals surface area contributed by atoms with Crippen LogP contribution >= 0.6 is 11.8 Å². The summed E-state index contributed by atoms with van der Waals surface area (Å²) in [5.41, 5.74) is -0.657. The second-order valence-corrected chi connectivity index (χ2v) is 7.56. The summed E-state index contributed by atoms with van der Waals surface area (Å²) in [6, 6.07) is 0. The van der Waals surface area contributed by atoms with Crippen LogP contribution < -0.4 is 11.2 Å². The Morgan fingerprint density at radius 2 is 1.80 bits per heavy atom. The summed E-state index contributed by atoms with van der Waals surface area (Å²) in [6.45, 7) is 5.74. The van der Waals surface area contributed by atoms with Gasteiger partial charge in [-0.1, -0.05) is 25.6 Å². The molecule has 0 saturated carbocycles. The van der Waals surface area contributed by atoms with Gasteiger partial charge < -0.3 is 4.74 Å². The Bertz CT molecular complexity index is 932. The number of fused-ring (bicyclic) bond motifs is 1. The molecule has 2 rings (SSSR count). The molecule has 2 aromatic rings. The molecule has 2 heterocycles. The topological polar surface area (TPSA) is 96.1 Å². The monoisotopic (exact) mass is 366 g/mol. The lowest BCUT2D eigenvalue weighted by Crippen LogP contribution is -2.38. The number of aromatic nitrogens is 4. The van der Waals surface area contributed by atoms with Crippen LogP contribution in [0.1, 0.15) is 26.6 Å². The SMILES string of the molecule is COC(=O)[C@H](C)Sc1nc(CC(C)C)nc2c1c(=O)n(C)c(=O)n2C. The van der Waals surface area contributed by atoms with Crippen molar-refractivity contribution >= 4 is 28.8 Å². The molecule has 0 bridgehead atoms. The van der Waals surface area contributed by atoms with Crippen LogP contribution in [0.3, 0.4) is 0 Å². The van der Waals surface area contributed by atoms with Gasteiger partial charge in [-0.25, -0.2) is 14.8 Å². The fourth-order valence-corrected chi connectivity index (χ4v) is 3.38. The Kier molecular flexibility index (Phi) is 5.66. The molecule has 25 heavy (non-hydrogen) atoms. The van der Waals surface area contributed by atoms with Crippen molar-refractivity contribution in [2.24, 2.45) is 20.0 Å². The van der Waals surface area contributed by atoms with Crippen LogP contribution in [0.2, 0.25) is 0 Å². The number of carbonyl (C=O) groups is 1. The highest BCUT2D eigenvalue weighted by atomic mass is 32.2. The number of rotatable bonds is 5. The van der Waals surface area contributed by atoms with Crippen LogP contribution in [0.25, 0.3) is 11.0 Å². The summed E-state index contributed by atoms with van der Waals surface area (Å²) in [7, 11) is 4.28. The van der Waals surface area contributed by atoms with E-state index >= 15 is 0 Å². The lowest BCUT2D eigenvalue weighted by Gasteiger charge is -2.14. The van der Waals surface area contributed by atoms with Gasteiger partial charge in [-0.05, 0) is 12.8 Å². The van der Waals surface area contributed by atoms with E-state index in [4.69, 9.17) is 4.74 Å². The lowest BCUT2D eigenvalue weighted by molar-refractivity contribution is -0.139. The van der Waals surface area contributed by atoms with E-state index in [1.165, 1.54) is 18.7 Å². The van der Waals surface area contributed by atoms with Crippen molar-refractivity contribution in [2.75, 3.05) is 7.11 Å². The fraction of sp³-hybridized carbons (Fsp3) is 0.562. The van der Waals surface area contributed by atoms with Crippen molar-refractivity contribution in [3.05, 3.63) is 26.7 Å². The second-order valence-electron chi connectivity index (χ2n) is 6.23. The van der Waals surface area contributed by atoms with Crippen LogP contribution in [0.5, 0.6) is 0 Å². The summed E-state index contributed by atoms with van der Waals surface area (Å²) >= 11 is 1.13. The van der Waals surface area contributed by atoms with Crippen molar-refractivity contribution < 1.29 is 9.53 Å². The standard InChI is InChI=1S/C16H22N4O4S/c1-8(2)7-10-17-12-11(14(21)20(5)16(23)19(12)4)13(18-10)25-9(3)15(22)24-6/h8-9H,7H2,1-6H3/t9-/m0/s1. The zero-order valence-corrected chi connectivity index (χ0v) is 16.0. The maximum atomic E-state index is 12.6. The molecule has 0 amide bonds. The smallest absolute Gasteiger partial charge is 0.332 e. The van der Waals surface area contributed by atoms with Gasteiger partial charge in [0.1, 0.15) is 21.5 Å². The highest BCUT2D eigenvalue weighted by Crippen LogP contribution is 2.27. The van der Waals surface area contributed by atoms with Gasteiger partial charge in [-0.2, -0.15) is 0 Å². The second kappa shape index (κ2) is 7.38. The number of hydrogen-bond acceptors (Lipinski definition) is 7. The molecule has 0 aliphatic heterocycles. The molecule has 0 aliphatic carbocycles. The van der Waals surface area contributed by atoms with Gasteiger partial charge in [0.05, 0.1) is 7.11 Å². The molecule has 2 aromatic heterocycles. The van der Waals surface area contributed by atoms with Crippen molar-refractivity contribution in [1.29, 1.82) is 0 Å². The molecule has 8 nitrogen and oxygen atoms in total. The highest BCUT2D eigenvalue weighted by molar-refractivity contribution is 8.00. The molecule has 0 aromatic carbocycles. The number of esters is 1. The number of carbonyl (C=O) groups excluding carboxylic acids is 1. The molecule has 0 N–H and O–H groups in total. The first-order chi connectivity index (χ1) is 11.7. The predicted octanol–water partition coefficient (Wildman–Crippen LogP) is 0.879. The largest absolute Gasteiger partial charge is 0.468 e. The van der Waals surface area contributed by atoms with E-state index in [9.17, 15) is 14.4 Å². The molecule has 0 aliphatic rings.